The van der Waals surface area contributed by atoms with Crippen molar-refractivity contribution in [3.8, 4) is 0 Å². The van der Waals surface area contributed by atoms with Gasteiger partial charge in [-0.2, -0.15) is 0 Å². The average molecular weight is 702 g/mol. The molecule has 260 valence electrons. The van der Waals surface area contributed by atoms with E-state index in [4.69, 9.17) is 45.6 Å². The SMILES string of the molecule is CCC(COC(=O)CSCCC(=O)OCCN)(COC(=O)CSCCC(=O)OCCN)COC(=O)CSCCC(=O)OCCN. The Morgan fingerprint density at radius 2 is 0.778 bits per heavy atom. The van der Waals surface area contributed by atoms with Crippen molar-refractivity contribution in [2.45, 2.75) is 32.6 Å². The van der Waals surface area contributed by atoms with E-state index in [1.165, 1.54) is 35.3 Å². The molecule has 0 atom stereocenters. The van der Waals surface area contributed by atoms with Crippen LogP contribution in [0.4, 0.5) is 0 Å². The lowest BCUT2D eigenvalue weighted by Crippen LogP contribution is -2.39. The van der Waals surface area contributed by atoms with E-state index in [2.05, 4.69) is 0 Å². The number of carbonyl (C=O) groups is 6. The molecule has 45 heavy (non-hydrogen) atoms. The van der Waals surface area contributed by atoms with Gasteiger partial charge in [0.05, 0.1) is 41.9 Å². The van der Waals surface area contributed by atoms with Gasteiger partial charge in [0.2, 0.25) is 0 Å². The molecular formula is C27H47N3O12S3. The normalized spacial score (nSPS) is 10.9. The smallest absolute Gasteiger partial charge is 0.315 e. The number of thioether (sulfide) groups is 3. The highest BCUT2D eigenvalue weighted by atomic mass is 32.2. The van der Waals surface area contributed by atoms with Crippen molar-refractivity contribution in [1.29, 1.82) is 0 Å². The molecule has 0 saturated heterocycles. The van der Waals surface area contributed by atoms with Crippen LogP contribution in [0.1, 0.15) is 32.6 Å². The molecule has 0 aliphatic rings. The zero-order valence-corrected chi connectivity index (χ0v) is 28.2. The summed E-state index contributed by atoms with van der Waals surface area (Å²) < 4.78 is 31.0. The van der Waals surface area contributed by atoms with Gasteiger partial charge in [-0.05, 0) is 6.42 Å². The van der Waals surface area contributed by atoms with Crippen LogP contribution in [-0.2, 0) is 57.2 Å². The average Bonchev–Trinajstić information content (AvgIpc) is 3.03. The molecular weight excluding hydrogens is 655 g/mol. The molecule has 0 bridgehead atoms. The Kier molecular flexibility index (Phi) is 26.6. The number of ether oxygens (including phenoxy) is 6. The van der Waals surface area contributed by atoms with Crippen molar-refractivity contribution >= 4 is 71.1 Å². The molecule has 18 heteroatoms. The summed E-state index contributed by atoms with van der Waals surface area (Å²) in [6, 6.07) is 0. The summed E-state index contributed by atoms with van der Waals surface area (Å²) in [5.74, 6) is -1.96. The molecule has 6 N–H and O–H groups in total. The summed E-state index contributed by atoms with van der Waals surface area (Å²) in [6.45, 7) is 2.27. The van der Waals surface area contributed by atoms with Gasteiger partial charge in [0.1, 0.15) is 39.6 Å². The van der Waals surface area contributed by atoms with Crippen LogP contribution >= 0.6 is 35.3 Å². The van der Waals surface area contributed by atoms with Gasteiger partial charge in [0, 0.05) is 36.9 Å². The lowest BCUT2D eigenvalue weighted by atomic mass is 9.88. The van der Waals surface area contributed by atoms with Gasteiger partial charge in [-0.3, -0.25) is 28.8 Å². The molecule has 0 heterocycles. The Labute approximate surface area is 276 Å². The van der Waals surface area contributed by atoms with Crippen LogP contribution in [0, 0.1) is 5.41 Å². The van der Waals surface area contributed by atoms with Crippen molar-refractivity contribution < 1.29 is 57.2 Å². The third-order valence-electron chi connectivity index (χ3n) is 5.52. The first-order chi connectivity index (χ1) is 21.6. The molecule has 0 aromatic heterocycles. The standard InChI is InChI=1S/C27H47N3O12S3/c1-2-27(18-40-24(34)15-43-12-3-21(31)37-9-6-28,19-41-25(35)16-44-13-4-22(32)38-10-7-29)20-42-26(36)17-45-14-5-23(33)39-11-8-30/h2-20,28-30H2,1H3. The number of nitrogens with two attached hydrogens (primary N) is 3. The zero-order valence-electron chi connectivity index (χ0n) is 25.8. The molecule has 0 aromatic carbocycles. The maximum Gasteiger partial charge on any atom is 0.315 e. The van der Waals surface area contributed by atoms with Crippen molar-refractivity contribution in [3.05, 3.63) is 0 Å². The van der Waals surface area contributed by atoms with Crippen LogP contribution in [0.15, 0.2) is 0 Å². The maximum atomic E-state index is 12.4. The van der Waals surface area contributed by atoms with E-state index in [0.29, 0.717) is 23.7 Å². The predicted molar refractivity (Wildman–Crippen MR) is 171 cm³/mol. The van der Waals surface area contributed by atoms with Gasteiger partial charge in [0.15, 0.2) is 0 Å². The van der Waals surface area contributed by atoms with Crippen LogP contribution in [0.3, 0.4) is 0 Å². The van der Waals surface area contributed by atoms with Gasteiger partial charge in [0.25, 0.3) is 0 Å². The predicted octanol–water partition coefficient (Wildman–Crippen LogP) is -0.112. The Hall–Kier alpha value is -2.25. The minimum atomic E-state index is -1.02. The Morgan fingerprint density at radius 1 is 0.489 bits per heavy atom. The zero-order chi connectivity index (χ0) is 33.8. The highest BCUT2D eigenvalue weighted by molar-refractivity contribution is 8.00. The first-order valence-electron chi connectivity index (χ1n) is 14.4. The molecule has 0 unspecified atom stereocenters. The first kappa shape index (κ1) is 42.8. The second-order valence-corrected chi connectivity index (χ2v) is 12.6. The van der Waals surface area contributed by atoms with E-state index in [1.54, 1.807) is 6.92 Å². The van der Waals surface area contributed by atoms with Crippen molar-refractivity contribution in [1.82, 2.24) is 0 Å². The van der Waals surface area contributed by atoms with Crippen LogP contribution in [0.25, 0.3) is 0 Å². The Balaban J connectivity index is 4.90. The lowest BCUT2D eigenvalue weighted by Gasteiger charge is -2.31. The highest BCUT2D eigenvalue weighted by Crippen LogP contribution is 2.25. The summed E-state index contributed by atoms with van der Waals surface area (Å²) in [5, 5.41) is 0. The second kappa shape index (κ2) is 28.0. The minimum absolute atomic E-state index is 0.0295. The Bertz CT molecular complexity index is 791. The number of hydrogen-bond donors (Lipinski definition) is 3. The van der Waals surface area contributed by atoms with E-state index in [9.17, 15) is 28.8 Å². The second-order valence-electron chi connectivity index (χ2n) is 9.27. The van der Waals surface area contributed by atoms with Gasteiger partial charge < -0.3 is 45.6 Å². The van der Waals surface area contributed by atoms with E-state index in [1.807, 2.05) is 0 Å². The highest BCUT2D eigenvalue weighted by Gasteiger charge is 2.34. The van der Waals surface area contributed by atoms with Gasteiger partial charge in [-0.15, -0.1) is 35.3 Å². The molecule has 0 spiro atoms. The number of carbonyl (C=O) groups excluding carboxylic acids is 6. The number of rotatable bonds is 28. The van der Waals surface area contributed by atoms with Crippen LogP contribution in [-0.4, -0.2) is 130 Å². The molecule has 0 aliphatic heterocycles. The first-order valence-corrected chi connectivity index (χ1v) is 17.8. The number of esters is 6. The fraction of sp³-hybridized carbons (Fsp3) is 0.778. The quantitative estimate of drug-likeness (QED) is 0.0548. The molecule has 0 aliphatic carbocycles. The molecule has 0 aromatic rings. The van der Waals surface area contributed by atoms with Gasteiger partial charge >= 0.3 is 35.8 Å². The van der Waals surface area contributed by atoms with E-state index >= 15 is 0 Å². The van der Waals surface area contributed by atoms with Crippen molar-refractivity contribution in [2.24, 2.45) is 22.6 Å². The summed E-state index contributed by atoms with van der Waals surface area (Å²) in [5.41, 5.74) is 14.8. The minimum Gasteiger partial charge on any atom is -0.464 e. The molecule has 0 fully saturated rings. The van der Waals surface area contributed by atoms with E-state index in [0.717, 1.165) is 0 Å². The molecule has 15 nitrogen and oxygen atoms in total. The van der Waals surface area contributed by atoms with Crippen molar-refractivity contribution in [2.75, 3.05) is 93.8 Å². The van der Waals surface area contributed by atoms with Crippen LogP contribution in [0.2, 0.25) is 0 Å². The lowest BCUT2D eigenvalue weighted by molar-refractivity contribution is -0.159. The summed E-state index contributed by atoms with van der Waals surface area (Å²) in [7, 11) is 0. The fourth-order valence-corrected chi connectivity index (χ4v) is 5.04. The van der Waals surface area contributed by atoms with Gasteiger partial charge in [-0.1, -0.05) is 6.92 Å². The third kappa shape index (κ3) is 24.6. The molecule has 0 amide bonds. The third-order valence-corrected chi connectivity index (χ3v) is 8.32. The molecule has 0 rings (SSSR count). The summed E-state index contributed by atoms with van der Waals surface area (Å²) in [6.07, 6.45) is 0.675. The Morgan fingerprint density at radius 3 is 1.02 bits per heavy atom. The van der Waals surface area contributed by atoms with Crippen LogP contribution < -0.4 is 17.2 Å². The van der Waals surface area contributed by atoms with Crippen LogP contribution in [0.5, 0.6) is 0 Å². The van der Waals surface area contributed by atoms with Gasteiger partial charge in [-0.25, -0.2) is 0 Å². The number of hydrogen-bond acceptors (Lipinski definition) is 18. The summed E-state index contributed by atoms with van der Waals surface area (Å²) in [4.78, 5) is 71.9. The molecule has 0 radical (unpaired) electrons. The van der Waals surface area contributed by atoms with E-state index < -0.39 is 41.2 Å². The topological polar surface area (TPSA) is 236 Å². The van der Waals surface area contributed by atoms with E-state index in [-0.39, 0.29) is 95.8 Å². The molecule has 0 saturated carbocycles. The largest absolute Gasteiger partial charge is 0.464 e. The maximum absolute atomic E-state index is 12.4. The van der Waals surface area contributed by atoms with Crippen molar-refractivity contribution in [3.63, 3.8) is 0 Å². The summed E-state index contributed by atoms with van der Waals surface area (Å²) >= 11 is 3.57. The monoisotopic (exact) mass is 701 g/mol. The fourth-order valence-electron chi connectivity index (χ4n) is 2.92.